The highest BCUT2D eigenvalue weighted by Gasteiger charge is 2.03. The van der Waals surface area contributed by atoms with Gasteiger partial charge in [-0.25, -0.2) is 15.8 Å². The molecule has 0 unspecified atom stereocenters. The smallest absolute Gasteiger partial charge is 0.191 e. The molecule has 2 aromatic rings. The van der Waals surface area contributed by atoms with Crippen molar-refractivity contribution >= 4 is 23.4 Å². The second-order valence-electron chi connectivity index (χ2n) is 3.25. The number of rotatable bonds is 5. The van der Waals surface area contributed by atoms with Gasteiger partial charge in [-0.2, -0.15) is 0 Å². The first kappa shape index (κ1) is 11.7. The van der Waals surface area contributed by atoms with E-state index in [1.165, 1.54) is 11.8 Å². The van der Waals surface area contributed by atoms with Crippen molar-refractivity contribution in [1.29, 1.82) is 0 Å². The van der Waals surface area contributed by atoms with E-state index in [2.05, 4.69) is 20.7 Å². The van der Waals surface area contributed by atoms with Crippen LogP contribution in [-0.2, 0) is 6.54 Å². The molecule has 0 atom stereocenters. The lowest BCUT2D eigenvalue weighted by atomic mass is 10.3. The summed E-state index contributed by atoms with van der Waals surface area (Å²) in [5.74, 6) is 6.64. The molecule has 0 fully saturated rings. The quantitative estimate of drug-likeness (QED) is 0.322. The van der Waals surface area contributed by atoms with Crippen LogP contribution in [-0.4, -0.2) is 16.2 Å². The Morgan fingerprint density at radius 1 is 1.41 bits per heavy atom. The van der Waals surface area contributed by atoms with E-state index in [-0.39, 0.29) is 0 Å². The van der Waals surface area contributed by atoms with Gasteiger partial charge in [0.05, 0.1) is 12.5 Å². The Balaban J connectivity index is 2.09. The maximum atomic E-state index is 5.34. The Bertz CT molecular complexity index is 451. The van der Waals surface area contributed by atoms with Crippen LogP contribution in [0.1, 0.15) is 5.56 Å². The molecule has 0 aliphatic carbocycles. The highest BCUT2D eigenvalue weighted by atomic mass is 32.2. The Hall–Kier alpha value is -1.73. The summed E-state index contributed by atoms with van der Waals surface area (Å²) in [5, 5.41) is 3.84. The number of nitrogens with one attached hydrogen (secondary N) is 2. The molecular formula is C10H13N5OS. The van der Waals surface area contributed by atoms with Crippen LogP contribution in [0, 0.1) is 0 Å². The van der Waals surface area contributed by atoms with Gasteiger partial charge in [0.2, 0.25) is 0 Å². The predicted molar refractivity (Wildman–Crippen MR) is 67.7 cm³/mol. The number of hydrogen-bond donors (Lipinski definition) is 3. The minimum absolute atomic E-state index is 0.582. The molecule has 0 aromatic carbocycles. The summed E-state index contributed by atoms with van der Waals surface area (Å²) in [4.78, 5) is 8.49. The molecular weight excluding hydrogens is 238 g/mol. The number of furan rings is 1. The van der Waals surface area contributed by atoms with E-state index in [0.717, 1.165) is 11.4 Å². The van der Waals surface area contributed by atoms with Crippen molar-refractivity contribution in [2.24, 2.45) is 5.84 Å². The Labute approximate surface area is 103 Å². The zero-order chi connectivity index (χ0) is 12.1. The van der Waals surface area contributed by atoms with Gasteiger partial charge in [-0.1, -0.05) is 11.8 Å². The van der Waals surface area contributed by atoms with Gasteiger partial charge in [0.15, 0.2) is 5.16 Å². The van der Waals surface area contributed by atoms with Crippen molar-refractivity contribution in [1.82, 2.24) is 9.97 Å². The Morgan fingerprint density at radius 3 is 2.88 bits per heavy atom. The zero-order valence-corrected chi connectivity index (χ0v) is 10.1. The Morgan fingerprint density at radius 2 is 2.24 bits per heavy atom. The fourth-order valence-electron chi connectivity index (χ4n) is 1.27. The molecule has 2 aromatic heterocycles. The van der Waals surface area contributed by atoms with E-state index in [1.807, 2.05) is 12.3 Å². The van der Waals surface area contributed by atoms with Crippen molar-refractivity contribution in [2.75, 3.05) is 17.0 Å². The highest BCUT2D eigenvalue weighted by molar-refractivity contribution is 7.98. The summed E-state index contributed by atoms with van der Waals surface area (Å²) in [7, 11) is 0. The third kappa shape index (κ3) is 3.11. The lowest BCUT2D eigenvalue weighted by Crippen LogP contribution is -2.11. The zero-order valence-electron chi connectivity index (χ0n) is 9.30. The summed E-state index contributed by atoms with van der Waals surface area (Å²) < 4.78 is 4.98. The number of hydrazine groups is 1. The first-order valence-corrected chi connectivity index (χ1v) is 6.19. The van der Waals surface area contributed by atoms with Crippen LogP contribution in [0.15, 0.2) is 34.2 Å². The van der Waals surface area contributed by atoms with Crippen LogP contribution >= 0.6 is 11.8 Å². The van der Waals surface area contributed by atoms with E-state index in [1.54, 1.807) is 18.6 Å². The van der Waals surface area contributed by atoms with E-state index in [9.17, 15) is 0 Å². The molecule has 0 aliphatic heterocycles. The van der Waals surface area contributed by atoms with Crippen molar-refractivity contribution < 1.29 is 4.42 Å². The second-order valence-corrected chi connectivity index (χ2v) is 4.03. The van der Waals surface area contributed by atoms with Crippen molar-refractivity contribution in [3.8, 4) is 0 Å². The molecule has 2 heterocycles. The number of nitrogens with zero attached hydrogens (tertiary/aromatic N) is 2. The summed E-state index contributed by atoms with van der Waals surface area (Å²) >= 11 is 1.46. The summed E-state index contributed by atoms with van der Waals surface area (Å²) in [6.45, 7) is 0.644. The topological polar surface area (TPSA) is 89.0 Å². The molecule has 17 heavy (non-hydrogen) atoms. The van der Waals surface area contributed by atoms with Crippen LogP contribution in [0.25, 0.3) is 0 Å². The SMILES string of the molecule is CSc1nc(NN)cc(NCc2ccoc2)n1. The molecule has 0 saturated carbocycles. The molecule has 0 spiro atoms. The third-order valence-electron chi connectivity index (χ3n) is 2.09. The first-order chi connectivity index (χ1) is 8.31. The maximum Gasteiger partial charge on any atom is 0.191 e. The highest BCUT2D eigenvalue weighted by Crippen LogP contribution is 2.17. The standard InChI is InChI=1S/C10H13N5OS/c1-17-10-13-8(4-9(14-10)15-11)12-5-7-2-3-16-6-7/h2-4,6H,5,11H2,1H3,(H2,12,13,14,15). The van der Waals surface area contributed by atoms with Crippen molar-refractivity contribution in [3.63, 3.8) is 0 Å². The summed E-state index contributed by atoms with van der Waals surface area (Å²) in [6, 6.07) is 3.64. The Kier molecular flexibility index (Phi) is 3.84. The van der Waals surface area contributed by atoms with Gasteiger partial charge in [0.1, 0.15) is 11.6 Å². The van der Waals surface area contributed by atoms with Crippen LogP contribution < -0.4 is 16.6 Å². The monoisotopic (exact) mass is 251 g/mol. The molecule has 90 valence electrons. The number of aromatic nitrogens is 2. The molecule has 0 saturated heterocycles. The van der Waals surface area contributed by atoms with E-state index < -0.39 is 0 Å². The molecule has 0 aliphatic rings. The van der Waals surface area contributed by atoms with Gasteiger partial charge in [-0.05, 0) is 12.3 Å². The minimum atomic E-state index is 0.582. The molecule has 0 radical (unpaired) electrons. The summed E-state index contributed by atoms with van der Waals surface area (Å²) in [5.41, 5.74) is 3.56. The number of hydrogen-bond acceptors (Lipinski definition) is 7. The van der Waals surface area contributed by atoms with E-state index in [0.29, 0.717) is 17.5 Å². The van der Waals surface area contributed by atoms with Gasteiger partial charge < -0.3 is 15.2 Å². The van der Waals surface area contributed by atoms with E-state index >= 15 is 0 Å². The first-order valence-electron chi connectivity index (χ1n) is 4.96. The van der Waals surface area contributed by atoms with E-state index in [4.69, 9.17) is 10.3 Å². The molecule has 2 rings (SSSR count). The number of nitrogens with two attached hydrogens (primary N) is 1. The molecule has 0 bridgehead atoms. The average molecular weight is 251 g/mol. The summed E-state index contributed by atoms with van der Waals surface area (Å²) in [6.07, 6.45) is 5.23. The molecule has 6 nitrogen and oxygen atoms in total. The average Bonchev–Trinajstić information content (AvgIpc) is 2.89. The second kappa shape index (κ2) is 5.55. The van der Waals surface area contributed by atoms with Crippen LogP contribution in [0.2, 0.25) is 0 Å². The third-order valence-corrected chi connectivity index (χ3v) is 2.64. The van der Waals surface area contributed by atoms with Gasteiger partial charge in [0, 0.05) is 18.2 Å². The number of anilines is 2. The van der Waals surface area contributed by atoms with Crippen LogP contribution in [0.3, 0.4) is 0 Å². The molecule has 7 heteroatoms. The lowest BCUT2D eigenvalue weighted by molar-refractivity contribution is 0.564. The van der Waals surface area contributed by atoms with Crippen LogP contribution in [0.4, 0.5) is 11.6 Å². The largest absolute Gasteiger partial charge is 0.472 e. The number of nitrogen functional groups attached to an aromatic ring is 1. The van der Waals surface area contributed by atoms with Gasteiger partial charge in [-0.3, -0.25) is 0 Å². The molecule has 4 N–H and O–H groups in total. The van der Waals surface area contributed by atoms with Crippen molar-refractivity contribution in [2.45, 2.75) is 11.7 Å². The minimum Gasteiger partial charge on any atom is -0.472 e. The normalized spacial score (nSPS) is 10.2. The van der Waals surface area contributed by atoms with Gasteiger partial charge in [-0.15, -0.1) is 0 Å². The predicted octanol–water partition coefficient (Wildman–Crippen LogP) is 1.69. The molecule has 0 amide bonds. The lowest BCUT2D eigenvalue weighted by Gasteiger charge is -2.07. The fourth-order valence-corrected chi connectivity index (χ4v) is 1.65. The van der Waals surface area contributed by atoms with Crippen LogP contribution in [0.5, 0.6) is 0 Å². The van der Waals surface area contributed by atoms with Crippen molar-refractivity contribution in [3.05, 3.63) is 30.2 Å². The number of thioether (sulfide) groups is 1. The fraction of sp³-hybridized carbons (Fsp3) is 0.200. The van der Waals surface area contributed by atoms with Gasteiger partial charge >= 0.3 is 0 Å². The maximum absolute atomic E-state index is 5.34. The van der Waals surface area contributed by atoms with Gasteiger partial charge in [0.25, 0.3) is 0 Å².